The second-order valence-electron chi connectivity index (χ2n) is 4.98. The molecule has 2 atom stereocenters. The minimum Gasteiger partial charge on any atom is -0.327 e. The van der Waals surface area contributed by atoms with Crippen LogP contribution in [0.3, 0.4) is 0 Å². The molecule has 7 heteroatoms. The first-order valence-electron chi connectivity index (χ1n) is 6.41. The highest BCUT2D eigenvalue weighted by molar-refractivity contribution is 7.99. The van der Waals surface area contributed by atoms with Crippen LogP contribution in [0.2, 0.25) is 0 Å². The van der Waals surface area contributed by atoms with E-state index in [1.807, 2.05) is 11.6 Å². The molecule has 2 N–H and O–H groups in total. The van der Waals surface area contributed by atoms with Gasteiger partial charge < -0.3 is 5.73 Å². The normalized spacial score (nSPS) is 18.5. The van der Waals surface area contributed by atoms with Gasteiger partial charge in [0.05, 0.1) is 11.3 Å². The molecule has 0 amide bonds. The molecule has 1 aliphatic carbocycles. The molecule has 0 spiro atoms. The summed E-state index contributed by atoms with van der Waals surface area (Å²) < 4.78 is 1.94. The Morgan fingerprint density at radius 3 is 2.84 bits per heavy atom. The topological polar surface area (TPSA) is 69.6 Å². The summed E-state index contributed by atoms with van der Waals surface area (Å²) in [6.45, 7) is 4.16. The molecule has 1 saturated carbocycles. The van der Waals surface area contributed by atoms with E-state index in [2.05, 4.69) is 34.6 Å². The first kappa shape index (κ1) is 13.1. The number of nitrogens with zero attached hydrogens (tertiary/aromatic N) is 4. The SMILES string of the molecule is Cc1ccc(C(Sc2nnnn2C2CC2)C(C)N)s1. The van der Waals surface area contributed by atoms with Gasteiger partial charge in [-0.2, -0.15) is 0 Å². The summed E-state index contributed by atoms with van der Waals surface area (Å²) in [5.41, 5.74) is 6.14. The smallest absolute Gasteiger partial charge is 0.210 e. The summed E-state index contributed by atoms with van der Waals surface area (Å²) >= 11 is 3.47. The molecule has 5 nitrogen and oxygen atoms in total. The van der Waals surface area contributed by atoms with Crippen LogP contribution in [-0.2, 0) is 0 Å². The van der Waals surface area contributed by atoms with Crippen molar-refractivity contribution in [1.29, 1.82) is 0 Å². The first-order valence-corrected chi connectivity index (χ1v) is 8.11. The number of aromatic nitrogens is 4. The molecule has 1 fully saturated rings. The first-order chi connectivity index (χ1) is 9.15. The molecule has 3 rings (SSSR count). The van der Waals surface area contributed by atoms with Gasteiger partial charge in [0.1, 0.15) is 0 Å². The van der Waals surface area contributed by atoms with Crippen molar-refractivity contribution >= 4 is 23.1 Å². The third-order valence-corrected chi connectivity index (χ3v) is 5.76. The Balaban J connectivity index is 1.83. The quantitative estimate of drug-likeness (QED) is 0.858. The highest BCUT2D eigenvalue weighted by Gasteiger charge is 2.30. The molecule has 102 valence electrons. The van der Waals surface area contributed by atoms with Crippen LogP contribution in [0.1, 0.15) is 40.8 Å². The van der Waals surface area contributed by atoms with Crippen molar-refractivity contribution in [2.24, 2.45) is 5.73 Å². The Morgan fingerprint density at radius 2 is 2.26 bits per heavy atom. The fraction of sp³-hybridized carbons (Fsp3) is 0.583. The van der Waals surface area contributed by atoms with Crippen molar-refractivity contribution in [3.8, 4) is 0 Å². The van der Waals surface area contributed by atoms with Crippen molar-refractivity contribution in [2.75, 3.05) is 0 Å². The lowest BCUT2D eigenvalue weighted by Gasteiger charge is -2.18. The summed E-state index contributed by atoms with van der Waals surface area (Å²) in [7, 11) is 0. The Hall–Kier alpha value is -0.920. The van der Waals surface area contributed by atoms with Crippen LogP contribution >= 0.6 is 23.1 Å². The van der Waals surface area contributed by atoms with Crippen molar-refractivity contribution in [3.63, 3.8) is 0 Å². The van der Waals surface area contributed by atoms with E-state index in [1.54, 1.807) is 23.1 Å². The number of thiophene rings is 1. The lowest BCUT2D eigenvalue weighted by molar-refractivity contribution is 0.563. The molecule has 0 bridgehead atoms. The summed E-state index contributed by atoms with van der Waals surface area (Å²) in [6, 6.07) is 4.86. The maximum atomic E-state index is 6.14. The monoisotopic (exact) mass is 295 g/mol. The Labute approximate surface area is 120 Å². The molecule has 2 aromatic heterocycles. The minimum absolute atomic E-state index is 0.0624. The average molecular weight is 295 g/mol. The van der Waals surface area contributed by atoms with Crippen molar-refractivity contribution in [1.82, 2.24) is 20.2 Å². The zero-order valence-electron chi connectivity index (χ0n) is 11.0. The average Bonchev–Trinajstić information content (AvgIpc) is 2.95. The fourth-order valence-electron chi connectivity index (χ4n) is 1.96. The summed E-state index contributed by atoms with van der Waals surface area (Å²) in [5.74, 6) is 0. The molecule has 0 saturated heterocycles. The summed E-state index contributed by atoms with van der Waals surface area (Å²) in [6.07, 6.45) is 2.36. The molecular formula is C12H17N5S2. The van der Waals surface area contributed by atoms with E-state index in [0.29, 0.717) is 6.04 Å². The summed E-state index contributed by atoms with van der Waals surface area (Å²) in [5, 5.41) is 13.1. The van der Waals surface area contributed by atoms with Crippen LogP contribution in [0.15, 0.2) is 17.3 Å². The zero-order valence-corrected chi connectivity index (χ0v) is 12.6. The second kappa shape index (κ2) is 5.22. The number of tetrazole rings is 1. The molecule has 0 radical (unpaired) electrons. The van der Waals surface area contributed by atoms with Crippen molar-refractivity contribution in [2.45, 2.75) is 49.2 Å². The number of thioether (sulfide) groups is 1. The van der Waals surface area contributed by atoms with Gasteiger partial charge in [0, 0.05) is 15.8 Å². The molecule has 1 aliphatic rings. The molecule has 2 heterocycles. The Kier molecular flexibility index (Phi) is 3.60. The van der Waals surface area contributed by atoms with Crippen molar-refractivity contribution in [3.05, 3.63) is 21.9 Å². The van der Waals surface area contributed by atoms with Gasteiger partial charge in [-0.3, -0.25) is 0 Å². The predicted octanol–water partition coefficient (Wildman–Crippen LogP) is 2.56. The lowest BCUT2D eigenvalue weighted by atomic mass is 10.2. The van der Waals surface area contributed by atoms with Gasteiger partial charge in [0.2, 0.25) is 5.16 Å². The van der Waals surface area contributed by atoms with Crippen LogP contribution in [0.4, 0.5) is 0 Å². The number of nitrogens with two attached hydrogens (primary N) is 1. The molecule has 2 unspecified atom stereocenters. The third-order valence-electron chi connectivity index (χ3n) is 3.11. The highest BCUT2D eigenvalue weighted by atomic mass is 32.2. The van der Waals surface area contributed by atoms with Gasteiger partial charge >= 0.3 is 0 Å². The Bertz CT molecular complexity index is 558. The van der Waals surface area contributed by atoms with E-state index in [1.165, 1.54) is 22.6 Å². The molecule has 19 heavy (non-hydrogen) atoms. The maximum absolute atomic E-state index is 6.14. The van der Waals surface area contributed by atoms with Crippen LogP contribution < -0.4 is 5.73 Å². The van der Waals surface area contributed by atoms with Gasteiger partial charge in [0.25, 0.3) is 0 Å². The second-order valence-corrected chi connectivity index (χ2v) is 7.41. The maximum Gasteiger partial charge on any atom is 0.210 e. The van der Waals surface area contributed by atoms with Gasteiger partial charge in [0.15, 0.2) is 0 Å². The van der Waals surface area contributed by atoms with Gasteiger partial charge in [-0.1, -0.05) is 11.8 Å². The van der Waals surface area contributed by atoms with Gasteiger partial charge in [-0.15, -0.1) is 16.4 Å². The molecule has 0 aromatic carbocycles. The van der Waals surface area contributed by atoms with E-state index in [9.17, 15) is 0 Å². The largest absolute Gasteiger partial charge is 0.327 e. The molecular weight excluding hydrogens is 278 g/mol. The van der Waals surface area contributed by atoms with E-state index in [4.69, 9.17) is 5.73 Å². The minimum atomic E-state index is 0.0624. The van der Waals surface area contributed by atoms with E-state index >= 15 is 0 Å². The lowest BCUT2D eigenvalue weighted by Crippen LogP contribution is -2.22. The Morgan fingerprint density at radius 1 is 1.47 bits per heavy atom. The van der Waals surface area contributed by atoms with E-state index < -0.39 is 0 Å². The zero-order chi connectivity index (χ0) is 13.4. The highest BCUT2D eigenvalue weighted by Crippen LogP contribution is 2.42. The van der Waals surface area contributed by atoms with Crippen LogP contribution in [-0.4, -0.2) is 26.2 Å². The van der Waals surface area contributed by atoms with Crippen molar-refractivity contribution < 1.29 is 0 Å². The third kappa shape index (κ3) is 2.82. The van der Waals surface area contributed by atoms with Crippen LogP contribution in [0.25, 0.3) is 0 Å². The van der Waals surface area contributed by atoms with E-state index in [-0.39, 0.29) is 11.3 Å². The molecule has 2 aromatic rings. The number of hydrogen-bond acceptors (Lipinski definition) is 6. The fourth-order valence-corrected chi connectivity index (χ4v) is 4.23. The van der Waals surface area contributed by atoms with E-state index in [0.717, 1.165) is 5.16 Å². The number of hydrogen-bond donors (Lipinski definition) is 1. The molecule has 0 aliphatic heterocycles. The number of aryl methyl sites for hydroxylation is 1. The summed E-state index contributed by atoms with van der Waals surface area (Å²) in [4.78, 5) is 2.60. The standard InChI is InChI=1S/C12H17N5S2/c1-7-3-6-10(18-7)11(8(2)13)19-12-14-15-16-17(12)9-4-5-9/h3,6,8-9,11H,4-5,13H2,1-2H3. The van der Waals surface area contributed by atoms with Gasteiger partial charge in [-0.05, 0) is 49.2 Å². The predicted molar refractivity (Wildman–Crippen MR) is 77.4 cm³/mol. The van der Waals surface area contributed by atoms with Gasteiger partial charge in [-0.25, -0.2) is 4.68 Å². The van der Waals surface area contributed by atoms with Crippen LogP contribution in [0.5, 0.6) is 0 Å². The van der Waals surface area contributed by atoms with Crippen LogP contribution in [0, 0.1) is 6.92 Å². The number of rotatable bonds is 5.